The van der Waals surface area contributed by atoms with Crippen LogP contribution in [0.5, 0.6) is 0 Å². The SMILES string of the molecule is CC/C=C/CCN(C)c1c(F)c(-c2ccccc2F)nc2ccccc12. The molecule has 0 spiro atoms. The normalized spacial score (nSPS) is 11.4. The second-order valence-corrected chi connectivity index (χ2v) is 6.21. The van der Waals surface area contributed by atoms with Crippen LogP contribution in [0, 0.1) is 11.6 Å². The molecule has 0 unspecified atom stereocenters. The number of halogens is 2. The molecule has 0 atom stereocenters. The van der Waals surface area contributed by atoms with Gasteiger partial charge in [0, 0.05) is 24.5 Å². The van der Waals surface area contributed by atoms with Gasteiger partial charge >= 0.3 is 0 Å². The number of rotatable bonds is 6. The zero-order chi connectivity index (χ0) is 18.5. The van der Waals surface area contributed by atoms with Crippen molar-refractivity contribution >= 4 is 16.6 Å². The van der Waals surface area contributed by atoms with Crippen molar-refractivity contribution in [3.8, 4) is 11.3 Å². The smallest absolute Gasteiger partial charge is 0.173 e. The first-order valence-electron chi connectivity index (χ1n) is 8.82. The molecule has 0 amide bonds. The van der Waals surface area contributed by atoms with E-state index < -0.39 is 11.6 Å². The maximum Gasteiger partial charge on any atom is 0.173 e. The van der Waals surface area contributed by atoms with Gasteiger partial charge in [-0.15, -0.1) is 0 Å². The fourth-order valence-electron chi connectivity index (χ4n) is 3.04. The molecular formula is C22H22F2N2. The van der Waals surface area contributed by atoms with Gasteiger partial charge < -0.3 is 4.90 Å². The summed E-state index contributed by atoms with van der Waals surface area (Å²) in [6.07, 6.45) is 5.98. The van der Waals surface area contributed by atoms with Gasteiger partial charge in [-0.25, -0.2) is 13.8 Å². The summed E-state index contributed by atoms with van der Waals surface area (Å²) in [4.78, 5) is 6.28. The third-order valence-corrected chi connectivity index (χ3v) is 4.35. The van der Waals surface area contributed by atoms with Crippen LogP contribution in [-0.4, -0.2) is 18.6 Å². The Hall–Kier alpha value is -2.75. The van der Waals surface area contributed by atoms with Crippen LogP contribution in [0.1, 0.15) is 19.8 Å². The molecule has 3 aromatic rings. The summed E-state index contributed by atoms with van der Waals surface area (Å²) in [6, 6.07) is 13.6. The molecule has 0 saturated carbocycles. The number of anilines is 1. The van der Waals surface area contributed by atoms with Gasteiger partial charge in [0.1, 0.15) is 11.5 Å². The van der Waals surface area contributed by atoms with Crippen molar-refractivity contribution in [2.45, 2.75) is 19.8 Å². The predicted molar refractivity (Wildman–Crippen MR) is 104 cm³/mol. The van der Waals surface area contributed by atoms with E-state index in [1.807, 2.05) is 36.2 Å². The van der Waals surface area contributed by atoms with E-state index in [4.69, 9.17) is 0 Å². The minimum Gasteiger partial charge on any atom is -0.371 e. The minimum absolute atomic E-state index is 0.0488. The van der Waals surface area contributed by atoms with Crippen molar-refractivity contribution in [3.63, 3.8) is 0 Å². The number of allylic oxidation sites excluding steroid dienone is 1. The van der Waals surface area contributed by atoms with Crippen LogP contribution in [-0.2, 0) is 0 Å². The van der Waals surface area contributed by atoms with Crippen molar-refractivity contribution in [1.29, 1.82) is 0 Å². The van der Waals surface area contributed by atoms with Crippen molar-refractivity contribution in [2.24, 2.45) is 0 Å². The Kier molecular flexibility index (Phi) is 5.61. The van der Waals surface area contributed by atoms with E-state index in [2.05, 4.69) is 24.1 Å². The van der Waals surface area contributed by atoms with Crippen LogP contribution in [0.4, 0.5) is 14.5 Å². The molecule has 134 valence electrons. The lowest BCUT2D eigenvalue weighted by molar-refractivity contribution is 0.611. The molecule has 2 nitrogen and oxygen atoms in total. The highest BCUT2D eigenvalue weighted by Gasteiger charge is 2.20. The number of aromatic nitrogens is 1. The number of nitrogens with zero attached hydrogens (tertiary/aromatic N) is 2. The van der Waals surface area contributed by atoms with E-state index >= 15 is 4.39 Å². The molecule has 26 heavy (non-hydrogen) atoms. The van der Waals surface area contributed by atoms with Crippen LogP contribution in [0.3, 0.4) is 0 Å². The monoisotopic (exact) mass is 352 g/mol. The van der Waals surface area contributed by atoms with Crippen LogP contribution in [0.15, 0.2) is 60.7 Å². The summed E-state index contributed by atoms with van der Waals surface area (Å²) in [6.45, 7) is 2.75. The summed E-state index contributed by atoms with van der Waals surface area (Å²) < 4.78 is 29.7. The van der Waals surface area contributed by atoms with E-state index in [-0.39, 0.29) is 11.3 Å². The number of hydrogen-bond donors (Lipinski definition) is 0. The molecule has 0 radical (unpaired) electrons. The molecule has 3 rings (SSSR count). The number of fused-ring (bicyclic) bond motifs is 1. The first-order chi connectivity index (χ1) is 12.6. The van der Waals surface area contributed by atoms with Gasteiger partial charge in [0.2, 0.25) is 0 Å². The lowest BCUT2D eigenvalue weighted by Gasteiger charge is -2.22. The Morgan fingerprint density at radius 1 is 1.00 bits per heavy atom. The number of hydrogen-bond acceptors (Lipinski definition) is 2. The Morgan fingerprint density at radius 3 is 2.50 bits per heavy atom. The van der Waals surface area contributed by atoms with Gasteiger partial charge in [-0.2, -0.15) is 0 Å². The topological polar surface area (TPSA) is 16.1 Å². The lowest BCUT2D eigenvalue weighted by Crippen LogP contribution is -2.20. The van der Waals surface area contributed by atoms with E-state index in [1.54, 1.807) is 18.2 Å². The molecule has 4 heteroatoms. The second-order valence-electron chi connectivity index (χ2n) is 6.21. The molecule has 2 aromatic carbocycles. The summed E-state index contributed by atoms with van der Waals surface area (Å²) in [5.74, 6) is -0.968. The standard InChI is InChI=1S/C22H22F2N2/c1-3-4-5-10-15-26(2)22-17-12-7-9-14-19(17)25-21(20(22)24)16-11-6-8-13-18(16)23/h4-9,11-14H,3,10,15H2,1-2H3/b5-4+. The van der Waals surface area contributed by atoms with Crippen molar-refractivity contribution in [2.75, 3.05) is 18.5 Å². The summed E-state index contributed by atoms with van der Waals surface area (Å²) in [5.41, 5.74) is 1.33. The van der Waals surface area contributed by atoms with Crippen LogP contribution in [0.2, 0.25) is 0 Å². The zero-order valence-electron chi connectivity index (χ0n) is 15.0. The molecule has 0 bridgehead atoms. The van der Waals surface area contributed by atoms with Crippen LogP contribution < -0.4 is 4.90 Å². The maximum absolute atomic E-state index is 15.4. The van der Waals surface area contributed by atoms with Crippen molar-refractivity contribution < 1.29 is 8.78 Å². The molecule has 0 saturated heterocycles. The van der Waals surface area contributed by atoms with Gasteiger partial charge in [-0.1, -0.05) is 49.4 Å². The predicted octanol–water partition coefficient (Wildman–Crippen LogP) is 5.97. The van der Waals surface area contributed by atoms with Gasteiger partial charge in [-0.05, 0) is 31.0 Å². The average molecular weight is 352 g/mol. The molecule has 0 aliphatic rings. The van der Waals surface area contributed by atoms with Crippen molar-refractivity contribution in [3.05, 3.63) is 72.3 Å². The van der Waals surface area contributed by atoms with E-state index in [1.165, 1.54) is 6.07 Å². The first kappa shape index (κ1) is 18.1. The van der Waals surface area contributed by atoms with Gasteiger partial charge in [0.05, 0.1) is 11.2 Å². The zero-order valence-corrected chi connectivity index (χ0v) is 15.0. The molecular weight excluding hydrogens is 330 g/mol. The van der Waals surface area contributed by atoms with Gasteiger partial charge in [-0.3, -0.25) is 0 Å². The Bertz CT molecular complexity index is 935. The Morgan fingerprint density at radius 2 is 1.73 bits per heavy atom. The molecule has 0 aliphatic heterocycles. The summed E-state index contributed by atoms with van der Waals surface area (Å²) in [5, 5.41) is 0.729. The molecule has 1 aromatic heterocycles. The Balaban J connectivity index is 2.13. The molecule has 0 aliphatic carbocycles. The minimum atomic E-state index is -0.490. The average Bonchev–Trinajstić information content (AvgIpc) is 2.65. The molecule has 0 N–H and O–H groups in total. The number of pyridine rings is 1. The fraction of sp³-hybridized carbons (Fsp3) is 0.227. The highest BCUT2D eigenvalue weighted by molar-refractivity contribution is 5.94. The molecule has 1 heterocycles. The number of benzene rings is 2. The highest BCUT2D eigenvalue weighted by atomic mass is 19.1. The lowest BCUT2D eigenvalue weighted by atomic mass is 10.1. The highest BCUT2D eigenvalue weighted by Crippen LogP contribution is 2.35. The second kappa shape index (κ2) is 8.09. The maximum atomic E-state index is 15.4. The Labute approximate surface area is 152 Å². The molecule has 0 fully saturated rings. The summed E-state index contributed by atoms with van der Waals surface area (Å²) >= 11 is 0. The van der Waals surface area contributed by atoms with E-state index in [0.717, 1.165) is 18.2 Å². The van der Waals surface area contributed by atoms with Crippen LogP contribution >= 0.6 is 0 Å². The van der Waals surface area contributed by atoms with E-state index in [9.17, 15) is 4.39 Å². The van der Waals surface area contributed by atoms with Crippen LogP contribution in [0.25, 0.3) is 22.2 Å². The van der Waals surface area contributed by atoms with Gasteiger partial charge in [0.25, 0.3) is 0 Å². The van der Waals surface area contributed by atoms with E-state index in [0.29, 0.717) is 17.7 Å². The number of para-hydroxylation sites is 1. The van der Waals surface area contributed by atoms with Crippen molar-refractivity contribution in [1.82, 2.24) is 4.98 Å². The third-order valence-electron chi connectivity index (χ3n) is 4.35. The fourth-order valence-corrected chi connectivity index (χ4v) is 3.04. The quantitative estimate of drug-likeness (QED) is 0.508. The first-order valence-corrected chi connectivity index (χ1v) is 8.82. The van der Waals surface area contributed by atoms with Gasteiger partial charge in [0.15, 0.2) is 5.82 Å². The summed E-state index contributed by atoms with van der Waals surface area (Å²) in [7, 11) is 1.86. The largest absolute Gasteiger partial charge is 0.371 e. The third kappa shape index (κ3) is 3.59.